The van der Waals surface area contributed by atoms with E-state index in [1.165, 1.54) is 20.3 Å². The van der Waals surface area contributed by atoms with Crippen LogP contribution < -0.4 is 9.47 Å². The van der Waals surface area contributed by atoms with Crippen LogP contribution in [0.3, 0.4) is 0 Å². The average Bonchev–Trinajstić information content (AvgIpc) is 2.60. The van der Waals surface area contributed by atoms with Crippen molar-refractivity contribution in [3.8, 4) is 17.6 Å². The minimum absolute atomic E-state index is 0.258. The lowest BCUT2D eigenvalue weighted by Crippen LogP contribution is -2.06. The van der Waals surface area contributed by atoms with Gasteiger partial charge in [-0.1, -0.05) is 30.3 Å². The smallest absolute Gasteiger partial charge is 0.192 e. The summed E-state index contributed by atoms with van der Waals surface area (Å²) in [6.07, 6.45) is 1.33. The minimum atomic E-state index is -3.76. The largest absolute Gasteiger partial charge is 0.497 e. The maximum atomic E-state index is 12.5. The van der Waals surface area contributed by atoms with Crippen LogP contribution in [0, 0.1) is 11.3 Å². The molecule has 0 unspecified atom stereocenters. The van der Waals surface area contributed by atoms with Crippen LogP contribution in [0.2, 0.25) is 0 Å². The summed E-state index contributed by atoms with van der Waals surface area (Å²) in [4.78, 5) is -0.303. The van der Waals surface area contributed by atoms with Gasteiger partial charge in [-0.2, -0.15) is 5.26 Å². The van der Waals surface area contributed by atoms with Crippen LogP contribution in [0.4, 0.5) is 0 Å². The molecule has 0 fully saturated rings. The molecule has 124 valence electrons. The quantitative estimate of drug-likeness (QED) is 0.753. The Morgan fingerprint density at radius 1 is 1.08 bits per heavy atom. The highest BCUT2D eigenvalue weighted by atomic mass is 32.2. The second-order valence-electron chi connectivity index (χ2n) is 4.97. The number of rotatable bonds is 6. The third-order valence-electron chi connectivity index (χ3n) is 3.39. The van der Waals surface area contributed by atoms with Crippen molar-refractivity contribution in [1.29, 1.82) is 5.26 Å². The van der Waals surface area contributed by atoms with Crippen LogP contribution in [0.15, 0.2) is 53.4 Å². The highest BCUT2D eigenvalue weighted by Crippen LogP contribution is 2.24. The zero-order chi connectivity index (χ0) is 17.6. The molecular weight excluding hydrogens is 326 g/mol. The van der Waals surface area contributed by atoms with Crippen LogP contribution >= 0.6 is 0 Å². The van der Waals surface area contributed by atoms with E-state index in [1.54, 1.807) is 54.6 Å². The summed E-state index contributed by atoms with van der Waals surface area (Å²) in [6.45, 7) is 0. The number of nitrogens with zero attached hydrogens (tertiary/aromatic N) is 1. The summed E-state index contributed by atoms with van der Waals surface area (Å²) in [5, 5.41) is 9.29. The van der Waals surface area contributed by atoms with Crippen molar-refractivity contribution in [1.82, 2.24) is 0 Å². The number of benzene rings is 2. The molecule has 0 aliphatic rings. The van der Waals surface area contributed by atoms with Crippen LogP contribution in [-0.2, 0) is 15.6 Å². The number of ether oxygens (including phenoxy) is 2. The number of sulfone groups is 1. The Kier molecular flexibility index (Phi) is 5.61. The second-order valence-corrected chi connectivity index (χ2v) is 6.93. The molecule has 0 aliphatic carbocycles. The third kappa shape index (κ3) is 4.15. The zero-order valence-corrected chi connectivity index (χ0v) is 14.2. The summed E-state index contributed by atoms with van der Waals surface area (Å²) in [7, 11) is -0.737. The number of hydrogen-bond acceptors (Lipinski definition) is 5. The fraction of sp³-hybridized carbons (Fsp3) is 0.167. The summed E-state index contributed by atoms with van der Waals surface area (Å²) in [5.74, 6) is 0.886. The summed E-state index contributed by atoms with van der Waals surface area (Å²) in [6, 6.07) is 15.4. The molecule has 0 amide bonds. The fourth-order valence-electron chi connectivity index (χ4n) is 2.14. The topological polar surface area (TPSA) is 76.4 Å². The molecule has 0 radical (unpaired) electrons. The fourth-order valence-corrected chi connectivity index (χ4v) is 3.37. The maximum Gasteiger partial charge on any atom is 0.192 e. The van der Waals surface area contributed by atoms with Gasteiger partial charge in [0, 0.05) is 5.56 Å². The molecule has 2 aromatic rings. The Balaban J connectivity index is 2.34. The first-order valence-corrected chi connectivity index (χ1v) is 8.76. The first-order valence-electron chi connectivity index (χ1n) is 7.10. The molecule has 0 aromatic heterocycles. The number of methoxy groups -OCH3 is 2. The molecular formula is C18H17NO4S. The minimum Gasteiger partial charge on any atom is -0.497 e. The van der Waals surface area contributed by atoms with E-state index in [4.69, 9.17) is 9.47 Å². The Bertz CT molecular complexity index is 878. The van der Waals surface area contributed by atoms with Gasteiger partial charge >= 0.3 is 0 Å². The van der Waals surface area contributed by atoms with E-state index < -0.39 is 9.84 Å². The summed E-state index contributed by atoms with van der Waals surface area (Å²) >= 11 is 0. The predicted octanol–water partition coefficient (Wildman–Crippen LogP) is 3.18. The van der Waals surface area contributed by atoms with Gasteiger partial charge in [0.2, 0.25) is 0 Å². The lowest BCUT2D eigenvalue weighted by Gasteiger charge is -2.07. The molecule has 5 nitrogen and oxygen atoms in total. The van der Waals surface area contributed by atoms with Crippen molar-refractivity contribution in [2.45, 2.75) is 5.75 Å². The van der Waals surface area contributed by atoms with Gasteiger partial charge in [0.05, 0.1) is 20.0 Å². The van der Waals surface area contributed by atoms with Gasteiger partial charge in [0.1, 0.15) is 22.5 Å². The Hall–Kier alpha value is -2.78. The zero-order valence-electron chi connectivity index (χ0n) is 13.4. The van der Waals surface area contributed by atoms with E-state index in [2.05, 4.69) is 0 Å². The van der Waals surface area contributed by atoms with E-state index in [0.717, 1.165) is 0 Å². The Labute approximate surface area is 141 Å². The van der Waals surface area contributed by atoms with Crippen LogP contribution in [-0.4, -0.2) is 22.6 Å². The van der Waals surface area contributed by atoms with Crippen molar-refractivity contribution < 1.29 is 17.9 Å². The molecule has 0 bridgehead atoms. The van der Waals surface area contributed by atoms with Gasteiger partial charge in [-0.15, -0.1) is 0 Å². The third-order valence-corrected chi connectivity index (χ3v) is 4.98. The number of para-hydroxylation sites is 1. The molecule has 0 heterocycles. The van der Waals surface area contributed by atoms with Crippen molar-refractivity contribution in [3.05, 3.63) is 64.6 Å². The molecule has 0 saturated carbocycles. The number of allylic oxidation sites excluding steroid dienone is 1. The SMILES string of the molecule is COc1ccc(CS(=O)(=O)/C(C#N)=C\c2ccccc2OC)cc1. The van der Waals surface area contributed by atoms with Gasteiger partial charge in [0.25, 0.3) is 0 Å². The van der Waals surface area contributed by atoms with E-state index in [9.17, 15) is 13.7 Å². The summed E-state index contributed by atoms with van der Waals surface area (Å²) < 4.78 is 35.3. The molecule has 0 atom stereocenters. The Morgan fingerprint density at radius 3 is 2.33 bits per heavy atom. The monoisotopic (exact) mass is 343 g/mol. The van der Waals surface area contributed by atoms with Gasteiger partial charge in [-0.25, -0.2) is 8.42 Å². The molecule has 6 heteroatoms. The normalized spacial score (nSPS) is 11.6. The first-order chi connectivity index (χ1) is 11.5. The maximum absolute atomic E-state index is 12.5. The van der Waals surface area contributed by atoms with Gasteiger partial charge < -0.3 is 9.47 Å². The highest BCUT2D eigenvalue weighted by Gasteiger charge is 2.19. The van der Waals surface area contributed by atoms with E-state index in [-0.39, 0.29) is 10.7 Å². The first kappa shape index (κ1) is 17.6. The van der Waals surface area contributed by atoms with Gasteiger partial charge in [-0.05, 0) is 29.8 Å². The molecule has 0 saturated heterocycles. The van der Waals surface area contributed by atoms with Crippen molar-refractivity contribution in [2.75, 3.05) is 14.2 Å². The summed E-state index contributed by atoms with van der Waals surface area (Å²) in [5.41, 5.74) is 1.12. The van der Waals surface area contributed by atoms with Gasteiger partial charge in [-0.3, -0.25) is 0 Å². The molecule has 0 spiro atoms. The highest BCUT2D eigenvalue weighted by molar-refractivity contribution is 7.95. The molecule has 2 aromatic carbocycles. The van der Waals surface area contributed by atoms with Crippen molar-refractivity contribution in [2.24, 2.45) is 0 Å². The molecule has 2 rings (SSSR count). The standard InChI is InChI=1S/C18H17NO4S/c1-22-16-9-7-14(8-10-16)13-24(20,21)17(12-19)11-15-5-3-4-6-18(15)23-2/h3-11H,13H2,1-2H3/b17-11-. The Morgan fingerprint density at radius 2 is 1.75 bits per heavy atom. The molecule has 0 aliphatic heterocycles. The van der Waals surface area contributed by atoms with Crippen molar-refractivity contribution >= 4 is 15.9 Å². The van der Waals surface area contributed by atoms with Crippen LogP contribution in [0.25, 0.3) is 6.08 Å². The van der Waals surface area contributed by atoms with Crippen molar-refractivity contribution in [3.63, 3.8) is 0 Å². The average molecular weight is 343 g/mol. The van der Waals surface area contributed by atoms with E-state index in [0.29, 0.717) is 22.6 Å². The van der Waals surface area contributed by atoms with Gasteiger partial charge in [0.15, 0.2) is 9.84 Å². The number of hydrogen-bond donors (Lipinski definition) is 0. The second kappa shape index (κ2) is 7.66. The molecule has 24 heavy (non-hydrogen) atoms. The predicted molar refractivity (Wildman–Crippen MR) is 92.2 cm³/mol. The van der Waals surface area contributed by atoms with E-state index in [1.807, 2.05) is 0 Å². The lowest BCUT2D eigenvalue weighted by molar-refractivity contribution is 0.414. The van der Waals surface area contributed by atoms with E-state index >= 15 is 0 Å². The van der Waals surface area contributed by atoms with Crippen LogP contribution in [0.5, 0.6) is 11.5 Å². The molecule has 0 N–H and O–H groups in total. The van der Waals surface area contributed by atoms with Crippen LogP contribution in [0.1, 0.15) is 11.1 Å². The lowest BCUT2D eigenvalue weighted by atomic mass is 10.2. The number of nitriles is 1.